The van der Waals surface area contributed by atoms with E-state index < -0.39 is 0 Å². The molecule has 0 aliphatic carbocycles. The van der Waals surface area contributed by atoms with Gasteiger partial charge in [0.1, 0.15) is 0 Å². The maximum atomic E-state index is 12.3. The second-order valence-electron chi connectivity index (χ2n) is 5.66. The van der Waals surface area contributed by atoms with Crippen LogP contribution in [0.2, 0.25) is 0 Å². The Hall–Kier alpha value is -0.940. The number of rotatable bonds is 10. The van der Waals surface area contributed by atoms with Crippen molar-refractivity contribution in [1.29, 1.82) is 0 Å². The van der Waals surface area contributed by atoms with Crippen molar-refractivity contribution in [3.63, 3.8) is 0 Å². The molecule has 1 saturated heterocycles. The smallest absolute Gasteiger partial charge is 0.247 e. The molecule has 0 saturated carbocycles. The highest BCUT2D eigenvalue weighted by Gasteiger charge is 2.40. The maximum Gasteiger partial charge on any atom is 0.247 e. The van der Waals surface area contributed by atoms with Crippen molar-refractivity contribution < 1.29 is 9.59 Å². The summed E-state index contributed by atoms with van der Waals surface area (Å²) in [5, 5.41) is 3.26. The predicted octanol–water partition coefficient (Wildman–Crippen LogP) is 1.62. The van der Waals surface area contributed by atoms with Gasteiger partial charge in [0, 0.05) is 6.04 Å². The molecule has 0 bridgehead atoms. The van der Waals surface area contributed by atoms with Crippen molar-refractivity contribution in [2.24, 2.45) is 0 Å². The van der Waals surface area contributed by atoms with Crippen LogP contribution in [0, 0.1) is 0 Å². The second-order valence-corrected chi connectivity index (χ2v) is 5.66. The summed E-state index contributed by atoms with van der Waals surface area (Å²) in [4.78, 5) is 28.2. The van der Waals surface area contributed by atoms with Crippen LogP contribution in [-0.2, 0) is 9.59 Å². The molecule has 0 aromatic rings. The van der Waals surface area contributed by atoms with Crippen molar-refractivity contribution in [3.05, 3.63) is 0 Å². The maximum absolute atomic E-state index is 12.3. The fourth-order valence-electron chi connectivity index (χ4n) is 2.97. The number of amides is 2. The SMILES string of the molecule is CCC(CC)N1C(=O)CC(NCCCN(CC)CC)C1=O. The fraction of sp³-hybridized carbons (Fsp3) is 0.875. The minimum atomic E-state index is -0.310. The van der Waals surface area contributed by atoms with E-state index in [9.17, 15) is 9.59 Å². The van der Waals surface area contributed by atoms with Crippen LogP contribution in [0.5, 0.6) is 0 Å². The third-order valence-electron chi connectivity index (χ3n) is 4.43. The van der Waals surface area contributed by atoms with Crippen molar-refractivity contribution in [2.75, 3.05) is 26.2 Å². The molecule has 2 amide bonds. The van der Waals surface area contributed by atoms with Gasteiger partial charge in [-0.1, -0.05) is 27.7 Å². The molecule has 1 rings (SSSR count). The average molecular weight is 297 g/mol. The van der Waals surface area contributed by atoms with E-state index >= 15 is 0 Å². The summed E-state index contributed by atoms with van der Waals surface area (Å²) in [5.74, 6) is -0.0496. The van der Waals surface area contributed by atoms with E-state index in [2.05, 4.69) is 24.1 Å². The molecule has 0 spiro atoms. The minimum absolute atomic E-state index is 0.0186. The van der Waals surface area contributed by atoms with Gasteiger partial charge < -0.3 is 10.2 Å². The number of imide groups is 1. The van der Waals surface area contributed by atoms with E-state index in [1.165, 1.54) is 4.90 Å². The first kappa shape index (κ1) is 18.1. The zero-order valence-electron chi connectivity index (χ0n) is 14.0. The number of nitrogens with zero attached hydrogens (tertiary/aromatic N) is 2. The van der Waals surface area contributed by atoms with Gasteiger partial charge >= 0.3 is 0 Å². The van der Waals surface area contributed by atoms with E-state index in [0.717, 1.165) is 45.4 Å². The highest BCUT2D eigenvalue weighted by Crippen LogP contribution is 2.20. The lowest BCUT2D eigenvalue weighted by Gasteiger charge is -2.24. The average Bonchev–Trinajstić information content (AvgIpc) is 2.76. The van der Waals surface area contributed by atoms with Gasteiger partial charge in [-0.15, -0.1) is 0 Å². The van der Waals surface area contributed by atoms with Crippen molar-refractivity contribution in [2.45, 2.75) is 65.5 Å². The monoisotopic (exact) mass is 297 g/mol. The predicted molar refractivity (Wildman–Crippen MR) is 85.0 cm³/mol. The van der Waals surface area contributed by atoms with Crippen LogP contribution in [0.1, 0.15) is 53.4 Å². The Bertz CT molecular complexity index is 338. The molecule has 1 aliphatic heterocycles. The van der Waals surface area contributed by atoms with Gasteiger partial charge in [0.15, 0.2) is 0 Å². The summed E-state index contributed by atoms with van der Waals surface area (Å²) in [6.45, 7) is 12.3. The second kappa shape index (κ2) is 9.15. The number of hydrogen-bond donors (Lipinski definition) is 1. The van der Waals surface area contributed by atoms with Crippen molar-refractivity contribution >= 4 is 11.8 Å². The Labute approximate surface area is 129 Å². The Morgan fingerprint density at radius 2 is 1.81 bits per heavy atom. The highest BCUT2D eigenvalue weighted by atomic mass is 16.2. The summed E-state index contributed by atoms with van der Waals surface area (Å²) in [6.07, 6.45) is 3.00. The number of nitrogens with one attached hydrogen (secondary N) is 1. The third-order valence-corrected chi connectivity index (χ3v) is 4.43. The van der Waals surface area contributed by atoms with Gasteiger partial charge in [-0.2, -0.15) is 0 Å². The van der Waals surface area contributed by atoms with Crippen molar-refractivity contribution in [3.8, 4) is 0 Å². The van der Waals surface area contributed by atoms with Crippen LogP contribution < -0.4 is 5.32 Å². The number of likely N-dealkylation sites (tertiary alicyclic amines) is 1. The molecule has 5 nitrogen and oxygen atoms in total. The first-order valence-corrected chi connectivity index (χ1v) is 8.40. The summed E-state index contributed by atoms with van der Waals surface area (Å²) in [6, 6.07) is -0.248. The molecule has 122 valence electrons. The normalized spacial score (nSPS) is 19.3. The standard InChI is InChI=1S/C16H31N3O2/c1-5-13(6-2)19-15(20)12-14(16(19)21)17-10-9-11-18(7-3)8-4/h13-14,17H,5-12H2,1-4H3. The lowest BCUT2D eigenvalue weighted by Crippen LogP contribution is -2.44. The highest BCUT2D eigenvalue weighted by molar-refractivity contribution is 6.05. The molecule has 1 heterocycles. The molecule has 21 heavy (non-hydrogen) atoms. The lowest BCUT2D eigenvalue weighted by atomic mass is 10.1. The van der Waals surface area contributed by atoms with Crippen LogP contribution >= 0.6 is 0 Å². The van der Waals surface area contributed by atoms with Crippen molar-refractivity contribution in [1.82, 2.24) is 15.1 Å². The summed E-state index contributed by atoms with van der Waals surface area (Å²) in [5.41, 5.74) is 0. The number of carbonyl (C=O) groups excluding carboxylic acids is 2. The van der Waals surface area contributed by atoms with E-state index in [4.69, 9.17) is 0 Å². The Morgan fingerprint density at radius 3 is 2.33 bits per heavy atom. The van der Waals surface area contributed by atoms with E-state index in [-0.39, 0.29) is 23.9 Å². The van der Waals surface area contributed by atoms with Crippen LogP contribution in [0.4, 0.5) is 0 Å². The van der Waals surface area contributed by atoms with E-state index in [1.54, 1.807) is 0 Å². The molecule has 5 heteroatoms. The van der Waals surface area contributed by atoms with Gasteiger partial charge in [-0.05, 0) is 45.4 Å². The molecule has 0 radical (unpaired) electrons. The van der Waals surface area contributed by atoms with E-state index in [1.807, 2.05) is 13.8 Å². The molecule has 0 aromatic carbocycles. The van der Waals surface area contributed by atoms with Gasteiger partial charge in [0.05, 0.1) is 12.5 Å². The number of hydrogen-bond acceptors (Lipinski definition) is 4. The zero-order valence-corrected chi connectivity index (χ0v) is 14.0. The van der Waals surface area contributed by atoms with Gasteiger partial charge in [0.25, 0.3) is 0 Å². The van der Waals surface area contributed by atoms with Gasteiger partial charge in [-0.3, -0.25) is 14.5 Å². The van der Waals surface area contributed by atoms with Crippen LogP contribution in [0.15, 0.2) is 0 Å². The van der Waals surface area contributed by atoms with Crippen LogP contribution in [0.3, 0.4) is 0 Å². The zero-order chi connectivity index (χ0) is 15.8. The fourth-order valence-corrected chi connectivity index (χ4v) is 2.97. The molecule has 1 atom stereocenters. The summed E-state index contributed by atoms with van der Waals surface area (Å²) < 4.78 is 0. The molecular weight excluding hydrogens is 266 g/mol. The molecule has 0 aromatic heterocycles. The van der Waals surface area contributed by atoms with Gasteiger partial charge in [-0.25, -0.2) is 0 Å². The largest absolute Gasteiger partial charge is 0.305 e. The molecule has 1 N–H and O–H groups in total. The molecule has 1 aliphatic rings. The van der Waals surface area contributed by atoms with Gasteiger partial charge in [0.2, 0.25) is 11.8 Å². The Balaban J connectivity index is 2.41. The molecular formula is C16H31N3O2. The van der Waals surface area contributed by atoms with Crippen LogP contribution in [0.25, 0.3) is 0 Å². The lowest BCUT2D eigenvalue weighted by molar-refractivity contribution is -0.141. The minimum Gasteiger partial charge on any atom is -0.305 e. The number of carbonyl (C=O) groups is 2. The Morgan fingerprint density at radius 1 is 1.19 bits per heavy atom. The first-order valence-electron chi connectivity index (χ1n) is 8.40. The van der Waals surface area contributed by atoms with E-state index in [0.29, 0.717) is 6.42 Å². The molecule has 1 fully saturated rings. The first-order chi connectivity index (χ1) is 10.1. The topological polar surface area (TPSA) is 52.7 Å². The van der Waals surface area contributed by atoms with Crippen LogP contribution in [-0.4, -0.2) is 59.9 Å². The Kier molecular flexibility index (Phi) is 7.89. The quantitative estimate of drug-likeness (QED) is 0.492. The summed E-state index contributed by atoms with van der Waals surface area (Å²) >= 11 is 0. The molecule has 1 unspecified atom stereocenters. The third kappa shape index (κ3) is 4.78. The summed E-state index contributed by atoms with van der Waals surface area (Å²) in [7, 11) is 0.